The van der Waals surface area contributed by atoms with Crippen molar-refractivity contribution in [2.75, 3.05) is 18.0 Å². The number of hydrogen-bond donors (Lipinski definition) is 1. The monoisotopic (exact) mass is 391 g/mol. The summed E-state index contributed by atoms with van der Waals surface area (Å²) in [5.41, 5.74) is 4.18. The van der Waals surface area contributed by atoms with Gasteiger partial charge in [0.15, 0.2) is 0 Å². The third-order valence-corrected chi connectivity index (χ3v) is 5.24. The smallest absolute Gasteiger partial charge is 0.259 e. The topological polar surface area (TPSA) is 62.3 Å². The number of anilines is 1. The first kappa shape index (κ1) is 20.8. The van der Waals surface area contributed by atoms with Crippen LogP contribution in [0.5, 0.6) is 0 Å². The molecular formula is C24H29N3O2. The van der Waals surface area contributed by atoms with Gasteiger partial charge >= 0.3 is 0 Å². The van der Waals surface area contributed by atoms with E-state index < -0.39 is 0 Å². The molecule has 1 aromatic carbocycles. The Kier molecular flexibility index (Phi) is 7.17. The van der Waals surface area contributed by atoms with Crippen LogP contribution in [0.25, 0.3) is 0 Å². The van der Waals surface area contributed by atoms with Crippen LogP contribution >= 0.6 is 0 Å². The fourth-order valence-electron chi connectivity index (χ4n) is 3.65. The van der Waals surface area contributed by atoms with Crippen molar-refractivity contribution < 1.29 is 9.59 Å². The van der Waals surface area contributed by atoms with Crippen LogP contribution in [-0.4, -0.2) is 29.9 Å². The van der Waals surface area contributed by atoms with Gasteiger partial charge in [-0.3, -0.25) is 14.6 Å². The summed E-state index contributed by atoms with van der Waals surface area (Å²) < 4.78 is 0. The number of amides is 2. The van der Waals surface area contributed by atoms with E-state index in [1.54, 1.807) is 11.0 Å². The zero-order chi connectivity index (χ0) is 20.6. The highest BCUT2D eigenvalue weighted by Gasteiger charge is 2.18. The first-order valence-corrected chi connectivity index (χ1v) is 10.4. The zero-order valence-electron chi connectivity index (χ0n) is 17.3. The third-order valence-electron chi connectivity index (χ3n) is 5.24. The van der Waals surface area contributed by atoms with E-state index in [0.29, 0.717) is 24.2 Å². The quantitative estimate of drug-likeness (QED) is 0.697. The first-order chi connectivity index (χ1) is 14.1. The average molecular weight is 392 g/mol. The number of allylic oxidation sites excluding steroid dienone is 1. The SMILES string of the molecule is CCN(C(=O)c1cncc(C(=O)NCCC2=CCCCC2)c1)c1cccc(C)c1. The lowest BCUT2D eigenvalue weighted by atomic mass is 9.97. The maximum absolute atomic E-state index is 13.0. The second kappa shape index (κ2) is 10.0. The molecule has 5 nitrogen and oxygen atoms in total. The Morgan fingerprint density at radius 3 is 2.69 bits per heavy atom. The molecule has 0 bridgehead atoms. The number of hydrogen-bond acceptors (Lipinski definition) is 3. The summed E-state index contributed by atoms with van der Waals surface area (Å²) >= 11 is 0. The summed E-state index contributed by atoms with van der Waals surface area (Å²) in [5.74, 6) is -0.352. The molecule has 2 aromatic rings. The Hall–Kier alpha value is -2.95. The second-order valence-electron chi connectivity index (χ2n) is 7.46. The number of nitrogens with one attached hydrogen (secondary N) is 1. The average Bonchev–Trinajstić information content (AvgIpc) is 2.75. The van der Waals surface area contributed by atoms with Gasteiger partial charge in [0.05, 0.1) is 11.1 Å². The number of aromatic nitrogens is 1. The Balaban J connectivity index is 1.66. The molecule has 0 atom stereocenters. The predicted molar refractivity (Wildman–Crippen MR) is 116 cm³/mol. The summed E-state index contributed by atoms with van der Waals surface area (Å²) in [5, 5.41) is 2.95. The largest absolute Gasteiger partial charge is 0.352 e. The molecule has 0 saturated carbocycles. The van der Waals surface area contributed by atoms with Crippen LogP contribution in [0.3, 0.4) is 0 Å². The van der Waals surface area contributed by atoms with E-state index in [1.807, 2.05) is 38.1 Å². The van der Waals surface area contributed by atoms with Crippen molar-refractivity contribution in [3.05, 3.63) is 71.1 Å². The van der Waals surface area contributed by atoms with Crippen molar-refractivity contribution in [2.24, 2.45) is 0 Å². The molecule has 2 amide bonds. The van der Waals surface area contributed by atoms with Gasteiger partial charge in [-0.2, -0.15) is 0 Å². The lowest BCUT2D eigenvalue weighted by molar-refractivity contribution is 0.0953. The van der Waals surface area contributed by atoms with Gasteiger partial charge in [-0.05, 0) is 69.7 Å². The molecule has 1 N–H and O–H groups in total. The van der Waals surface area contributed by atoms with Crippen LogP contribution in [0, 0.1) is 6.92 Å². The molecule has 1 aliphatic carbocycles. The molecular weight excluding hydrogens is 362 g/mol. The number of nitrogens with zero attached hydrogens (tertiary/aromatic N) is 2. The molecule has 0 spiro atoms. The van der Waals surface area contributed by atoms with Gasteiger partial charge in [0.2, 0.25) is 0 Å². The molecule has 0 fully saturated rings. The van der Waals surface area contributed by atoms with E-state index in [0.717, 1.165) is 30.5 Å². The number of benzene rings is 1. The summed E-state index contributed by atoms with van der Waals surface area (Å²) in [4.78, 5) is 31.4. The number of carbonyl (C=O) groups excluding carboxylic acids is 2. The number of carbonyl (C=O) groups is 2. The zero-order valence-corrected chi connectivity index (χ0v) is 17.3. The molecule has 0 aliphatic heterocycles. The predicted octanol–water partition coefficient (Wildman–Crippen LogP) is 4.68. The molecule has 1 aliphatic rings. The number of aryl methyl sites for hydroxylation is 1. The summed E-state index contributed by atoms with van der Waals surface area (Å²) in [6.45, 7) is 5.07. The molecule has 5 heteroatoms. The maximum atomic E-state index is 13.0. The van der Waals surface area contributed by atoms with Crippen LogP contribution in [0.15, 0.2) is 54.4 Å². The van der Waals surface area contributed by atoms with Gasteiger partial charge < -0.3 is 10.2 Å². The fraction of sp³-hybridized carbons (Fsp3) is 0.375. The standard InChI is InChI=1S/C24H29N3O2/c1-3-27(22-11-7-8-18(2)14-22)24(29)21-15-20(16-25-17-21)23(28)26-13-12-19-9-5-4-6-10-19/h7-9,11,14-17H,3-6,10,12-13H2,1-2H3,(H,26,28). The van der Waals surface area contributed by atoms with Gasteiger partial charge in [0, 0.05) is 31.2 Å². The van der Waals surface area contributed by atoms with E-state index in [4.69, 9.17) is 0 Å². The Morgan fingerprint density at radius 2 is 1.97 bits per heavy atom. The lowest BCUT2D eigenvalue weighted by Crippen LogP contribution is -2.31. The highest BCUT2D eigenvalue weighted by molar-refractivity contribution is 6.07. The van der Waals surface area contributed by atoms with Gasteiger partial charge in [-0.25, -0.2) is 0 Å². The maximum Gasteiger partial charge on any atom is 0.259 e. The minimum absolute atomic E-state index is 0.160. The van der Waals surface area contributed by atoms with E-state index >= 15 is 0 Å². The van der Waals surface area contributed by atoms with E-state index in [1.165, 1.54) is 30.8 Å². The van der Waals surface area contributed by atoms with E-state index in [2.05, 4.69) is 16.4 Å². The number of pyridine rings is 1. The summed E-state index contributed by atoms with van der Waals surface area (Å²) in [7, 11) is 0. The van der Waals surface area contributed by atoms with Gasteiger partial charge in [-0.1, -0.05) is 23.8 Å². The molecule has 0 radical (unpaired) electrons. The third kappa shape index (κ3) is 5.53. The van der Waals surface area contributed by atoms with Crippen LogP contribution in [0.2, 0.25) is 0 Å². The normalized spacial score (nSPS) is 13.5. The van der Waals surface area contributed by atoms with Crippen LogP contribution in [0.1, 0.15) is 65.3 Å². The van der Waals surface area contributed by atoms with Crippen molar-refractivity contribution in [3.63, 3.8) is 0 Å². The van der Waals surface area contributed by atoms with Gasteiger partial charge in [0.1, 0.15) is 0 Å². The molecule has 0 saturated heterocycles. The molecule has 29 heavy (non-hydrogen) atoms. The fourth-order valence-corrected chi connectivity index (χ4v) is 3.65. The molecule has 152 valence electrons. The Labute approximate surface area is 172 Å². The Morgan fingerprint density at radius 1 is 1.14 bits per heavy atom. The highest BCUT2D eigenvalue weighted by atomic mass is 16.2. The van der Waals surface area contributed by atoms with Gasteiger partial charge in [0.25, 0.3) is 11.8 Å². The summed E-state index contributed by atoms with van der Waals surface area (Å²) in [6, 6.07) is 9.45. The molecule has 1 heterocycles. The molecule has 1 aromatic heterocycles. The first-order valence-electron chi connectivity index (χ1n) is 10.4. The minimum Gasteiger partial charge on any atom is -0.352 e. The summed E-state index contributed by atoms with van der Waals surface area (Å²) in [6.07, 6.45) is 11.0. The number of rotatable bonds is 7. The van der Waals surface area contributed by atoms with Crippen LogP contribution in [0.4, 0.5) is 5.69 Å². The highest BCUT2D eigenvalue weighted by Crippen LogP contribution is 2.20. The van der Waals surface area contributed by atoms with E-state index in [9.17, 15) is 9.59 Å². The Bertz CT molecular complexity index is 905. The minimum atomic E-state index is -0.192. The van der Waals surface area contributed by atoms with Crippen LogP contribution < -0.4 is 10.2 Å². The van der Waals surface area contributed by atoms with Crippen molar-refractivity contribution in [3.8, 4) is 0 Å². The molecule has 3 rings (SSSR count). The van der Waals surface area contributed by atoms with E-state index in [-0.39, 0.29) is 11.8 Å². The van der Waals surface area contributed by atoms with Crippen LogP contribution in [-0.2, 0) is 0 Å². The van der Waals surface area contributed by atoms with Crippen molar-refractivity contribution in [2.45, 2.75) is 46.0 Å². The lowest BCUT2D eigenvalue weighted by Gasteiger charge is -2.21. The van der Waals surface area contributed by atoms with Gasteiger partial charge in [-0.15, -0.1) is 0 Å². The second-order valence-corrected chi connectivity index (χ2v) is 7.46. The van der Waals surface area contributed by atoms with Crippen molar-refractivity contribution in [1.82, 2.24) is 10.3 Å². The molecule has 0 unspecified atom stereocenters. The van der Waals surface area contributed by atoms with Crippen molar-refractivity contribution >= 4 is 17.5 Å². The van der Waals surface area contributed by atoms with Crippen molar-refractivity contribution in [1.29, 1.82) is 0 Å².